The van der Waals surface area contributed by atoms with Gasteiger partial charge in [-0.25, -0.2) is 0 Å². The molecule has 1 aromatic carbocycles. The first-order valence-corrected chi connectivity index (χ1v) is 12.0. The van der Waals surface area contributed by atoms with Gasteiger partial charge in [0, 0.05) is 12.5 Å². The van der Waals surface area contributed by atoms with E-state index in [1.54, 1.807) is 0 Å². The molecule has 0 aliphatic carbocycles. The van der Waals surface area contributed by atoms with E-state index in [0.717, 1.165) is 50.3 Å². The summed E-state index contributed by atoms with van der Waals surface area (Å²) < 4.78 is 181. The summed E-state index contributed by atoms with van der Waals surface area (Å²) in [6.45, 7) is 0.293. The predicted octanol–water partition coefficient (Wildman–Crippen LogP) is 8.21. The van der Waals surface area contributed by atoms with Gasteiger partial charge >= 0.3 is 41.8 Å². The highest BCUT2D eigenvalue weighted by Crippen LogP contribution is 2.60. The van der Waals surface area contributed by atoms with E-state index in [0.29, 0.717) is 12.5 Å². The molecule has 0 atom stereocenters. The van der Waals surface area contributed by atoms with Crippen LogP contribution >= 0.6 is 0 Å². The molecule has 0 heterocycles. The molecule has 0 spiro atoms. The van der Waals surface area contributed by atoms with Crippen molar-refractivity contribution in [3.63, 3.8) is 0 Å². The fourth-order valence-corrected chi connectivity index (χ4v) is 3.21. The molecule has 0 aliphatic rings. The van der Waals surface area contributed by atoms with Crippen molar-refractivity contribution < 1.29 is 71.3 Å². The first-order chi connectivity index (χ1) is 18.6. The van der Waals surface area contributed by atoms with Crippen molar-refractivity contribution in [2.24, 2.45) is 0 Å². The maximum Gasteiger partial charge on any atom is 0.460 e. The molecule has 4 nitrogen and oxygen atoms in total. The highest BCUT2D eigenvalue weighted by molar-refractivity contribution is 5.72. The Morgan fingerprint density at radius 2 is 1.27 bits per heavy atom. The second-order valence-corrected chi connectivity index (χ2v) is 8.89. The molecule has 1 rings (SSSR count). The maximum atomic E-state index is 13.9. The van der Waals surface area contributed by atoms with Gasteiger partial charge in [0.05, 0.1) is 13.0 Å². The minimum atomic E-state index is -7.99. The lowest BCUT2D eigenvalue weighted by molar-refractivity contribution is -0.440. The number of carbonyl (C=O) groups is 1. The Kier molecular flexibility index (Phi) is 11.9. The van der Waals surface area contributed by atoms with Crippen LogP contribution in [0.1, 0.15) is 58.3 Å². The molecule has 0 unspecified atom stereocenters. The number of rotatable bonds is 16. The van der Waals surface area contributed by atoms with Gasteiger partial charge in [0.15, 0.2) is 5.75 Å². The Labute approximate surface area is 224 Å². The number of unbranched alkanes of at least 4 members (excludes halogenated alkanes) is 5. The van der Waals surface area contributed by atoms with E-state index >= 15 is 0 Å². The Balaban J connectivity index is 2.91. The van der Waals surface area contributed by atoms with E-state index in [9.17, 15) is 66.7 Å². The molecule has 0 N–H and O–H groups in total. The zero-order valence-corrected chi connectivity index (χ0v) is 21.2. The third-order valence-corrected chi connectivity index (χ3v) is 5.67. The van der Waals surface area contributed by atoms with Gasteiger partial charge in [-0.1, -0.05) is 45.1 Å². The Morgan fingerprint density at radius 3 is 1.83 bits per heavy atom. The first-order valence-electron chi connectivity index (χ1n) is 12.0. The second-order valence-electron chi connectivity index (χ2n) is 8.89. The Morgan fingerprint density at radius 1 is 0.732 bits per heavy atom. The van der Waals surface area contributed by atoms with E-state index < -0.39 is 71.7 Å². The first kappa shape index (κ1) is 36.3. The molecule has 0 aromatic heterocycles. The van der Waals surface area contributed by atoms with E-state index in [1.807, 2.05) is 6.92 Å². The largest absolute Gasteiger partial charge is 0.493 e. The van der Waals surface area contributed by atoms with Crippen LogP contribution in [0, 0.1) is 0 Å². The lowest BCUT2D eigenvalue weighted by atomic mass is 9.93. The van der Waals surface area contributed by atoms with Crippen LogP contribution in [0.2, 0.25) is 0 Å². The summed E-state index contributed by atoms with van der Waals surface area (Å²) in [4.78, 5) is 24.1. The molecule has 0 aliphatic heterocycles. The minimum Gasteiger partial charge on any atom is -0.493 e. The molecule has 0 fully saturated rings. The monoisotopic (exact) mass is 624 g/mol. The average Bonchev–Trinajstić information content (AvgIpc) is 3.00. The normalized spacial score (nSPS) is 13.7. The van der Waals surface area contributed by atoms with Crippen molar-refractivity contribution in [2.45, 2.75) is 94.1 Å². The molecule has 17 heteroatoms. The molecule has 0 saturated carbocycles. The molecule has 0 bridgehead atoms. The van der Waals surface area contributed by atoms with Crippen molar-refractivity contribution in [3.8, 4) is 11.5 Å². The molecule has 236 valence electrons. The van der Waals surface area contributed by atoms with Gasteiger partial charge in [0.25, 0.3) is 0 Å². The summed E-state index contributed by atoms with van der Waals surface area (Å²) in [6.07, 6.45) is -5.06. The molecule has 1 aromatic rings. The average molecular weight is 624 g/mol. The van der Waals surface area contributed by atoms with E-state index in [4.69, 9.17) is 4.74 Å². The fourth-order valence-electron chi connectivity index (χ4n) is 3.21. The number of hydrogen-bond donors (Lipinski definition) is 0. The highest BCUT2D eigenvalue weighted by atomic mass is 19.4. The van der Waals surface area contributed by atoms with Gasteiger partial charge in [-0.3, -0.25) is 9.59 Å². The number of alkyl halides is 13. The number of carbonyl (C=O) groups excluding carboxylic acids is 1. The van der Waals surface area contributed by atoms with Crippen molar-refractivity contribution in [2.75, 3.05) is 6.61 Å². The van der Waals surface area contributed by atoms with E-state index in [2.05, 4.69) is 4.74 Å². The van der Waals surface area contributed by atoms with Crippen LogP contribution in [-0.2, 0) is 4.79 Å². The van der Waals surface area contributed by atoms with Crippen LogP contribution in [-0.4, -0.2) is 48.4 Å². The lowest BCUT2D eigenvalue weighted by Gasteiger charge is -2.39. The molecule has 0 amide bonds. The molecule has 0 radical (unpaired) electrons. The third kappa shape index (κ3) is 8.17. The van der Waals surface area contributed by atoms with Crippen molar-refractivity contribution in [1.29, 1.82) is 0 Å². The van der Waals surface area contributed by atoms with Gasteiger partial charge in [0.2, 0.25) is 5.43 Å². The highest BCUT2D eigenvalue weighted by Gasteiger charge is 2.90. The lowest BCUT2D eigenvalue weighted by Crippen LogP contribution is -2.70. The quantitative estimate of drug-likeness (QED) is 0.106. The summed E-state index contributed by atoms with van der Waals surface area (Å²) in [5.74, 6) is -39.5. The molecule has 0 saturated heterocycles. The number of ether oxygens (including phenoxy) is 2. The summed E-state index contributed by atoms with van der Waals surface area (Å²) in [6, 6.07) is 3.27. The smallest absolute Gasteiger partial charge is 0.460 e. The van der Waals surface area contributed by atoms with Gasteiger partial charge in [0.1, 0.15) is 5.75 Å². The summed E-state index contributed by atoms with van der Waals surface area (Å²) in [5, 5.41) is 0. The summed E-state index contributed by atoms with van der Waals surface area (Å²) in [5.41, 5.74) is -1.08. The zero-order chi connectivity index (χ0) is 31.9. The Bertz CT molecular complexity index is 1070. The van der Waals surface area contributed by atoms with Gasteiger partial charge in [-0.15, -0.1) is 0 Å². The zero-order valence-electron chi connectivity index (χ0n) is 21.2. The van der Waals surface area contributed by atoms with Crippen molar-refractivity contribution in [3.05, 3.63) is 34.5 Å². The topological polar surface area (TPSA) is 52.6 Å². The molecule has 41 heavy (non-hydrogen) atoms. The molecular formula is C24H25F13O4. The fraction of sp³-hybridized carbons (Fsp3) is 0.667. The maximum absolute atomic E-state index is 13.9. The van der Waals surface area contributed by atoms with Crippen LogP contribution in [0.15, 0.2) is 29.1 Å². The SMILES string of the molecule is CCCCCCCCC(=O)Oc1cccc(OCCC(F)(F)C(F)(F)C(F)(F)C(F)(F)C(F)(F)C(F)(F)F)cc1=O. The van der Waals surface area contributed by atoms with Crippen LogP contribution in [0.5, 0.6) is 11.5 Å². The minimum absolute atomic E-state index is 0.0462. The van der Waals surface area contributed by atoms with Crippen LogP contribution in [0.3, 0.4) is 0 Å². The number of hydrogen-bond acceptors (Lipinski definition) is 4. The van der Waals surface area contributed by atoms with E-state index in [-0.39, 0.29) is 6.42 Å². The third-order valence-electron chi connectivity index (χ3n) is 5.67. The number of esters is 1. The standard InChI is InChI=1S/C24H25F13O4/c1-2-3-4-5-6-7-11-18(39)41-17-10-8-9-15(14-16(17)38)40-13-12-19(25,26)20(27,28)21(29,30)22(31,32)23(33,34)24(35,36)37/h8-10,14H,2-7,11-13H2,1H3. The van der Waals surface area contributed by atoms with Crippen LogP contribution in [0.25, 0.3) is 0 Å². The summed E-state index contributed by atoms with van der Waals surface area (Å²) >= 11 is 0. The predicted molar refractivity (Wildman–Crippen MR) is 117 cm³/mol. The van der Waals surface area contributed by atoms with Crippen molar-refractivity contribution >= 4 is 5.97 Å². The Hall–Kier alpha value is -2.75. The van der Waals surface area contributed by atoms with Crippen LogP contribution in [0.4, 0.5) is 57.1 Å². The second kappa shape index (κ2) is 13.5. The van der Waals surface area contributed by atoms with Gasteiger partial charge in [-0.05, 0) is 18.6 Å². The number of halogens is 13. The van der Waals surface area contributed by atoms with Gasteiger partial charge < -0.3 is 9.47 Å². The van der Waals surface area contributed by atoms with Crippen molar-refractivity contribution in [1.82, 2.24) is 0 Å². The van der Waals surface area contributed by atoms with E-state index in [1.165, 1.54) is 0 Å². The summed E-state index contributed by atoms with van der Waals surface area (Å²) in [7, 11) is 0. The van der Waals surface area contributed by atoms with Crippen LogP contribution < -0.4 is 14.9 Å². The molecular weight excluding hydrogens is 599 g/mol. The van der Waals surface area contributed by atoms with Gasteiger partial charge in [-0.2, -0.15) is 57.1 Å².